The van der Waals surface area contributed by atoms with Crippen molar-refractivity contribution in [2.24, 2.45) is 0 Å². The Bertz CT molecular complexity index is 734. The van der Waals surface area contributed by atoms with Gasteiger partial charge in [-0.05, 0) is 44.4 Å². The predicted octanol–water partition coefficient (Wildman–Crippen LogP) is 4.82. The van der Waals surface area contributed by atoms with Gasteiger partial charge in [-0.15, -0.1) is 0 Å². The third-order valence-corrected chi connectivity index (χ3v) is 4.61. The minimum absolute atomic E-state index is 0.292. The van der Waals surface area contributed by atoms with Crippen molar-refractivity contribution >= 4 is 17.5 Å². The first-order chi connectivity index (χ1) is 11.5. The van der Waals surface area contributed by atoms with Gasteiger partial charge in [-0.2, -0.15) is 0 Å². The van der Waals surface area contributed by atoms with Crippen LogP contribution in [-0.4, -0.2) is 11.8 Å². The van der Waals surface area contributed by atoms with Gasteiger partial charge in [0.15, 0.2) is 0 Å². The number of amides is 2. The van der Waals surface area contributed by atoms with E-state index in [9.17, 15) is 9.59 Å². The van der Waals surface area contributed by atoms with Gasteiger partial charge in [0.1, 0.15) is 11.5 Å². The van der Waals surface area contributed by atoms with Crippen LogP contribution < -0.4 is 4.90 Å². The number of hydrogen-bond acceptors (Lipinski definition) is 3. The molecule has 0 unspecified atom stereocenters. The molecule has 0 fully saturated rings. The molecular weight excluding hydrogens is 302 g/mol. The van der Waals surface area contributed by atoms with Gasteiger partial charge in [0.2, 0.25) is 0 Å². The van der Waals surface area contributed by atoms with E-state index in [-0.39, 0.29) is 11.8 Å². The summed E-state index contributed by atoms with van der Waals surface area (Å²) in [6, 6.07) is 7.74. The Morgan fingerprint density at radius 3 is 2.00 bits per heavy atom. The zero-order valence-electron chi connectivity index (χ0n) is 14.5. The number of benzene rings is 1. The number of hydrogen-bond donors (Lipinski definition) is 0. The fourth-order valence-electron chi connectivity index (χ4n) is 3.32. The van der Waals surface area contributed by atoms with E-state index < -0.39 is 0 Å². The van der Waals surface area contributed by atoms with Crippen molar-refractivity contribution in [3.63, 3.8) is 0 Å². The molecule has 3 rings (SSSR count). The fourth-order valence-corrected chi connectivity index (χ4v) is 3.32. The highest BCUT2D eigenvalue weighted by molar-refractivity contribution is 6.35. The molecule has 1 aliphatic heterocycles. The summed E-state index contributed by atoms with van der Waals surface area (Å²) in [5.74, 6) is 0.437. The van der Waals surface area contributed by atoms with Crippen molar-refractivity contribution in [1.82, 2.24) is 0 Å². The van der Waals surface area contributed by atoms with Gasteiger partial charge in [-0.25, -0.2) is 4.90 Å². The number of furan rings is 1. The number of rotatable bonds is 6. The number of aryl methyl sites for hydroxylation is 3. The van der Waals surface area contributed by atoms with Crippen molar-refractivity contribution in [2.45, 2.75) is 52.9 Å². The number of anilines is 1. The van der Waals surface area contributed by atoms with Gasteiger partial charge < -0.3 is 4.42 Å². The van der Waals surface area contributed by atoms with E-state index in [2.05, 4.69) is 6.92 Å². The average Bonchev–Trinajstić information content (AvgIpc) is 3.01. The van der Waals surface area contributed by atoms with E-state index in [0.29, 0.717) is 28.3 Å². The zero-order valence-corrected chi connectivity index (χ0v) is 14.5. The second-order valence-corrected chi connectivity index (χ2v) is 6.39. The van der Waals surface area contributed by atoms with Crippen LogP contribution in [0.25, 0.3) is 0 Å². The first-order valence-electron chi connectivity index (χ1n) is 8.62. The molecule has 0 bridgehead atoms. The van der Waals surface area contributed by atoms with Crippen LogP contribution in [-0.2, 0) is 6.42 Å². The molecule has 0 spiro atoms. The minimum Gasteiger partial charge on any atom is -0.465 e. The quantitative estimate of drug-likeness (QED) is 0.565. The third kappa shape index (κ3) is 2.77. The number of imide groups is 1. The van der Waals surface area contributed by atoms with Crippen LogP contribution in [0.4, 0.5) is 5.69 Å². The topological polar surface area (TPSA) is 50.5 Å². The Hall–Kier alpha value is -2.36. The van der Waals surface area contributed by atoms with Gasteiger partial charge in [-0.3, -0.25) is 9.59 Å². The summed E-state index contributed by atoms with van der Waals surface area (Å²) in [4.78, 5) is 26.5. The Morgan fingerprint density at radius 2 is 1.46 bits per heavy atom. The van der Waals surface area contributed by atoms with Gasteiger partial charge in [-0.1, -0.05) is 38.3 Å². The number of carbonyl (C=O) groups excluding carboxylic acids is 2. The van der Waals surface area contributed by atoms with Gasteiger partial charge >= 0.3 is 0 Å². The predicted molar refractivity (Wildman–Crippen MR) is 93.6 cm³/mol. The second kappa shape index (κ2) is 6.63. The average molecular weight is 325 g/mol. The Kier molecular flexibility index (Phi) is 4.56. The molecule has 0 atom stereocenters. The summed E-state index contributed by atoms with van der Waals surface area (Å²) in [6.07, 6.45) is 5.93. The van der Waals surface area contributed by atoms with Crippen molar-refractivity contribution in [1.29, 1.82) is 0 Å². The number of fused-ring (bicyclic) bond motifs is 1. The summed E-state index contributed by atoms with van der Waals surface area (Å²) in [6.45, 7) is 5.65. The van der Waals surface area contributed by atoms with Crippen LogP contribution in [0.5, 0.6) is 0 Å². The molecule has 4 heteroatoms. The van der Waals surface area contributed by atoms with E-state index in [0.717, 1.165) is 6.42 Å². The molecule has 2 aromatic rings. The molecule has 0 saturated carbocycles. The molecule has 0 saturated heterocycles. The highest BCUT2D eigenvalue weighted by Gasteiger charge is 2.41. The van der Waals surface area contributed by atoms with Crippen LogP contribution >= 0.6 is 0 Å². The van der Waals surface area contributed by atoms with E-state index in [4.69, 9.17) is 4.42 Å². The molecule has 0 N–H and O–H groups in total. The van der Waals surface area contributed by atoms with Gasteiger partial charge in [0.05, 0.1) is 16.8 Å². The van der Waals surface area contributed by atoms with Crippen LogP contribution in [0, 0.1) is 13.8 Å². The Morgan fingerprint density at radius 1 is 0.875 bits per heavy atom. The van der Waals surface area contributed by atoms with Crippen molar-refractivity contribution in [3.05, 3.63) is 52.5 Å². The number of carbonyl (C=O) groups is 2. The van der Waals surface area contributed by atoms with Crippen LogP contribution in [0.1, 0.15) is 70.4 Å². The summed E-state index contributed by atoms with van der Waals surface area (Å²) in [7, 11) is 0. The minimum atomic E-state index is -0.292. The molecule has 1 aliphatic rings. The summed E-state index contributed by atoms with van der Waals surface area (Å²) >= 11 is 0. The zero-order chi connectivity index (χ0) is 17.3. The molecule has 2 heterocycles. The smallest absolute Gasteiger partial charge is 0.269 e. The lowest BCUT2D eigenvalue weighted by Gasteiger charge is -2.15. The Labute approximate surface area is 142 Å². The van der Waals surface area contributed by atoms with Crippen molar-refractivity contribution in [3.8, 4) is 0 Å². The SMILES string of the molecule is CCCCCCc1ccc(N2C(=O)c3c(C)oc(C)c3C2=O)cc1. The fraction of sp³-hybridized carbons (Fsp3) is 0.400. The third-order valence-electron chi connectivity index (χ3n) is 4.61. The molecule has 24 heavy (non-hydrogen) atoms. The maximum absolute atomic E-state index is 12.6. The maximum atomic E-state index is 12.6. The highest BCUT2D eigenvalue weighted by Crippen LogP contribution is 2.34. The van der Waals surface area contributed by atoms with Crippen molar-refractivity contribution in [2.75, 3.05) is 4.90 Å². The normalized spacial score (nSPS) is 13.7. The molecule has 1 aromatic heterocycles. The molecule has 126 valence electrons. The van der Waals surface area contributed by atoms with Crippen LogP contribution in [0.3, 0.4) is 0 Å². The van der Waals surface area contributed by atoms with Gasteiger partial charge in [0, 0.05) is 0 Å². The Balaban J connectivity index is 1.77. The molecule has 2 amide bonds. The standard InChI is InChI=1S/C20H23NO3/c1-4-5-6-7-8-15-9-11-16(12-10-15)21-19(22)17-13(2)24-14(3)18(17)20(21)23/h9-12H,4-8H2,1-3H3. The summed E-state index contributed by atoms with van der Waals surface area (Å²) in [5.41, 5.74) is 2.67. The largest absolute Gasteiger partial charge is 0.465 e. The first-order valence-corrected chi connectivity index (χ1v) is 8.62. The molecule has 4 nitrogen and oxygen atoms in total. The molecule has 0 radical (unpaired) electrons. The van der Waals surface area contributed by atoms with Gasteiger partial charge in [0.25, 0.3) is 11.8 Å². The molecular formula is C20H23NO3. The lowest BCUT2D eigenvalue weighted by molar-refractivity contribution is 0.0923. The van der Waals surface area contributed by atoms with Crippen LogP contribution in [0.2, 0.25) is 0 Å². The maximum Gasteiger partial charge on any atom is 0.269 e. The lowest BCUT2D eigenvalue weighted by atomic mass is 10.1. The molecule has 0 aliphatic carbocycles. The molecule has 1 aromatic carbocycles. The van der Waals surface area contributed by atoms with Crippen molar-refractivity contribution < 1.29 is 14.0 Å². The lowest BCUT2D eigenvalue weighted by Crippen LogP contribution is -2.29. The summed E-state index contributed by atoms with van der Waals surface area (Å²) < 4.78 is 5.43. The van der Waals surface area contributed by atoms with E-state index in [1.54, 1.807) is 13.8 Å². The number of nitrogens with zero attached hydrogens (tertiary/aromatic N) is 1. The second-order valence-electron chi connectivity index (χ2n) is 6.39. The van der Waals surface area contributed by atoms with Crippen LogP contribution in [0.15, 0.2) is 28.7 Å². The van der Waals surface area contributed by atoms with E-state index in [1.807, 2.05) is 24.3 Å². The monoisotopic (exact) mass is 325 g/mol. The summed E-state index contributed by atoms with van der Waals surface area (Å²) in [5, 5.41) is 0. The number of unbranched alkanes of at least 4 members (excludes halogenated alkanes) is 3. The highest BCUT2D eigenvalue weighted by atomic mass is 16.3. The van der Waals surface area contributed by atoms with E-state index >= 15 is 0 Å². The van der Waals surface area contributed by atoms with E-state index in [1.165, 1.54) is 36.1 Å². The first kappa shape index (κ1) is 16.5.